The molecule has 3 rings (SSSR count). The molecule has 1 aromatic carbocycles. The van der Waals surface area contributed by atoms with Crippen LogP contribution in [0.5, 0.6) is 0 Å². The van der Waals surface area contributed by atoms with Crippen LogP contribution in [0, 0.1) is 6.92 Å². The zero-order valence-corrected chi connectivity index (χ0v) is 17.0. The largest absolute Gasteiger partial charge is 0.456 e. The molecule has 0 radical (unpaired) electrons. The monoisotopic (exact) mass is 412 g/mol. The predicted octanol–water partition coefficient (Wildman–Crippen LogP) is 2.61. The van der Waals surface area contributed by atoms with Crippen molar-refractivity contribution < 1.29 is 18.8 Å². The van der Waals surface area contributed by atoms with E-state index in [2.05, 4.69) is 22.4 Å². The van der Waals surface area contributed by atoms with Crippen molar-refractivity contribution in [1.29, 1.82) is 0 Å². The van der Waals surface area contributed by atoms with Crippen molar-refractivity contribution >= 4 is 28.7 Å². The minimum absolute atomic E-state index is 0.0509. The van der Waals surface area contributed by atoms with E-state index in [1.165, 1.54) is 0 Å². The van der Waals surface area contributed by atoms with Gasteiger partial charge >= 0.3 is 5.97 Å². The highest BCUT2D eigenvalue weighted by Crippen LogP contribution is 2.12. The zero-order valence-electron chi connectivity index (χ0n) is 17.0. The minimum Gasteiger partial charge on any atom is -0.456 e. The number of nitrogens with zero attached hydrogens (tertiary/aromatic N) is 3. The lowest BCUT2D eigenvalue weighted by Gasteiger charge is -2.11. The number of amides is 1. The van der Waals surface area contributed by atoms with Gasteiger partial charge in [0.25, 0.3) is 11.5 Å². The molecule has 0 aliphatic heterocycles. The quantitative estimate of drug-likeness (QED) is 0.537. The van der Waals surface area contributed by atoms with E-state index in [1.54, 1.807) is 17.6 Å². The number of benzene rings is 1. The van der Waals surface area contributed by atoms with Gasteiger partial charge in [-0.3, -0.25) is 14.4 Å². The summed E-state index contributed by atoms with van der Waals surface area (Å²) >= 11 is 0. The number of hydrogen-bond donors (Lipinski definition) is 1. The Labute approximate surface area is 173 Å². The SMILES string of the molecule is CCCCn1c(=O)c(CCC(=O)OCC(=O)Nc2cc(C)on2)nc2ccccc21. The van der Waals surface area contributed by atoms with E-state index in [9.17, 15) is 14.4 Å². The summed E-state index contributed by atoms with van der Waals surface area (Å²) in [6.07, 6.45) is 1.92. The Hall–Kier alpha value is -3.49. The maximum Gasteiger partial charge on any atom is 0.306 e. The summed E-state index contributed by atoms with van der Waals surface area (Å²) in [6, 6.07) is 8.99. The predicted molar refractivity (Wildman–Crippen MR) is 110 cm³/mol. The van der Waals surface area contributed by atoms with Crippen molar-refractivity contribution in [3.63, 3.8) is 0 Å². The molecule has 9 nitrogen and oxygen atoms in total. The molecule has 30 heavy (non-hydrogen) atoms. The maximum atomic E-state index is 12.8. The van der Waals surface area contributed by atoms with Crippen LogP contribution >= 0.6 is 0 Å². The van der Waals surface area contributed by atoms with Gasteiger partial charge in [-0.1, -0.05) is 30.6 Å². The van der Waals surface area contributed by atoms with E-state index >= 15 is 0 Å². The van der Waals surface area contributed by atoms with Crippen molar-refractivity contribution in [2.24, 2.45) is 0 Å². The first-order valence-electron chi connectivity index (χ1n) is 9.85. The fourth-order valence-corrected chi connectivity index (χ4v) is 2.99. The number of aryl methyl sites for hydroxylation is 3. The molecule has 1 N–H and O–H groups in total. The summed E-state index contributed by atoms with van der Waals surface area (Å²) < 4.78 is 11.5. The van der Waals surface area contributed by atoms with Crippen molar-refractivity contribution in [3.8, 4) is 0 Å². The van der Waals surface area contributed by atoms with Gasteiger partial charge in [-0.2, -0.15) is 0 Å². The molecule has 0 aliphatic rings. The number of fused-ring (bicyclic) bond motifs is 1. The molecular formula is C21H24N4O5. The molecule has 0 fully saturated rings. The molecule has 0 saturated heterocycles. The molecule has 3 aromatic rings. The zero-order chi connectivity index (χ0) is 21.5. The summed E-state index contributed by atoms with van der Waals surface area (Å²) in [5.41, 5.74) is 1.60. The average Bonchev–Trinajstić information content (AvgIpc) is 3.14. The third-order valence-corrected chi connectivity index (χ3v) is 4.48. The molecule has 2 aromatic heterocycles. The molecule has 0 aliphatic carbocycles. The maximum absolute atomic E-state index is 12.8. The van der Waals surface area contributed by atoms with E-state index in [0.717, 1.165) is 18.4 Å². The molecule has 0 bridgehead atoms. The van der Waals surface area contributed by atoms with Crippen LogP contribution in [-0.4, -0.2) is 33.2 Å². The summed E-state index contributed by atoms with van der Waals surface area (Å²) in [7, 11) is 0. The van der Waals surface area contributed by atoms with Crippen LogP contribution < -0.4 is 10.9 Å². The van der Waals surface area contributed by atoms with Crippen LogP contribution in [0.25, 0.3) is 11.0 Å². The van der Waals surface area contributed by atoms with Crippen molar-refractivity contribution in [2.45, 2.75) is 46.1 Å². The molecule has 9 heteroatoms. The number of carbonyl (C=O) groups excluding carboxylic acids is 2. The number of ether oxygens (including phenoxy) is 1. The summed E-state index contributed by atoms with van der Waals surface area (Å²) in [5.74, 6) is -0.310. The van der Waals surface area contributed by atoms with E-state index < -0.39 is 18.5 Å². The Morgan fingerprint density at radius 3 is 2.80 bits per heavy atom. The number of para-hydroxylation sites is 2. The summed E-state index contributed by atoms with van der Waals surface area (Å²) in [6.45, 7) is 3.90. The standard InChI is InChI=1S/C21H24N4O5/c1-3-4-11-25-17-8-6-5-7-15(17)22-16(21(25)28)9-10-20(27)29-13-19(26)23-18-12-14(2)30-24-18/h5-8,12H,3-4,9-11,13H2,1-2H3,(H,23,24,26). The van der Waals surface area contributed by atoms with E-state index in [4.69, 9.17) is 9.26 Å². The molecule has 0 unspecified atom stereocenters. The van der Waals surface area contributed by atoms with Gasteiger partial charge in [0.1, 0.15) is 11.5 Å². The third-order valence-electron chi connectivity index (χ3n) is 4.48. The number of carbonyl (C=O) groups is 2. The fourth-order valence-electron chi connectivity index (χ4n) is 2.99. The highest BCUT2D eigenvalue weighted by atomic mass is 16.5. The van der Waals surface area contributed by atoms with Gasteiger partial charge in [-0.05, 0) is 25.5 Å². The van der Waals surface area contributed by atoms with Crippen molar-refractivity contribution in [2.75, 3.05) is 11.9 Å². The van der Waals surface area contributed by atoms with Crippen LogP contribution in [0.2, 0.25) is 0 Å². The molecule has 0 saturated carbocycles. The Balaban J connectivity index is 1.60. The van der Waals surface area contributed by atoms with Crippen LogP contribution in [0.15, 0.2) is 39.6 Å². The van der Waals surface area contributed by atoms with Crippen LogP contribution in [-0.2, 0) is 27.3 Å². The highest BCUT2D eigenvalue weighted by Gasteiger charge is 2.14. The van der Waals surface area contributed by atoms with Crippen molar-refractivity contribution in [3.05, 3.63) is 52.1 Å². The Morgan fingerprint density at radius 2 is 2.07 bits per heavy atom. The third kappa shape index (κ3) is 5.31. The molecular weight excluding hydrogens is 388 g/mol. The van der Waals surface area contributed by atoms with E-state index in [0.29, 0.717) is 23.5 Å². The number of nitrogens with one attached hydrogen (secondary N) is 1. The Bertz CT molecular complexity index is 1100. The first-order chi connectivity index (χ1) is 14.5. The van der Waals surface area contributed by atoms with Gasteiger partial charge < -0.3 is 19.1 Å². The normalized spacial score (nSPS) is 10.9. The first-order valence-corrected chi connectivity index (χ1v) is 9.85. The molecule has 158 valence electrons. The van der Waals surface area contributed by atoms with E-state index in [1.807, 2.05) is 24.3 Å². The highest BCUT2D eigenvalue weighted by molar-refractivity contribution is 5.91. The Kier molecular flexibility index (Phi) is 6.95. The summed E-state index contributed by atoms with van der Waals surface area (Å²) in [4.78, 5) is 41.1. The number of hydrogen-bond acceptors (Lipinski definition) is 7. The Morgan fingerprint density at radius 1 is 1.27 bits per heavy atom. The summed E-state index contributed by atoms with van der Waals surface area (Å²) in [5, 5.41) is 6.09. The van der Waals surface area contributed by atoms with E-state index in [-0.39, 0.29) is 24.2 Å². The lowest BCUT2D eigenvalue weighted by Crippen LogP contribution is -2.27. The van der Waals surface area contributed by atoms with Crippen LogP contribution in [0.4, 0.5) is 5.82 Å². The lowest BCUT2D eigenvalue weighted by atomic mass is 10.2. The van der Waals surface area contributed by atoms with Gasteiger partial charge in [0.05, 0.1) is 17.5 Å². The second kappa shape index (κ2) is 9.82. The topological polar surface area (TPSA) is 116 Å². The molecule has 0 spiro atoms. The van der Waals surface area contributed by atoms with Gasteiger partial charge in [-0.25, -0.2) is 4.98 Å². The fraction of sp³-hybridized carbons (Fsp3) is 0.381. The van der Waals surface area contributed by atoms with Gasteiger partial charge in [-0.15, -0.1) is 0 Å². The molecule has 0 atom stereocenters. The number of esters is 1. The van der Waals surface area contributed by atoms with Crippen molar-refractivity contribution in [1.82, 2.24) is 14.7 Å². The number of anilines is 1. The second-order valence-electron chi connectivity index (χ2n) is 6.89. The number of unbranched alkanes of at least 4 members (excludes halogenated alkanes) is 1. The van der Waals surface area contributed by atoms with Crippen LogP contribution in [0.3, 0.4) is 0 Å². The smallest absolute Gasteiger partial charge is 0.306 e. The average molecular weight is 412 g/mol. The molecule has 2 heterocycles. The second-order valence-corrected chi connectivity index (χ2v) is 6.89. The first kappa shape index (κ1) is 21.2. The number of rotatable bonds is 9. The van der Waals surface area contributed by atoms with Gasteiger partial charge in [0, 0.05) is 19.0 Å². The van der Waals surface area contributed by atoms with Gasteiger partial charge in [0.15, 0.2) is 12.4 Å². The minimum atomic E-state index is -0.587. The van der Waals surface area contributed by atoms with Gasteiger partial charge in [0.2, 0.25) is 0 Å². The number of aromatic nitrogens is 3. The van der Waals surface area contributed by atoms with Crippen LogP contribution in [0.1, 0.15) is 37.6 Å². The molecule has 1 amide bonds. The lowest BCUT2D eigenvalue weighted by molar-refractivity contribution is -0.147.